The number of aryl methyl sites for hydroxylation is 1. The first-order chi connectivity index (χ1) is 8.29. The Morgan fingerprint density at radius 2 is 2.06 bits per heavy atom. The Kier molecular flexibility index (Phi) is 2.77. The molecule has 0 bridgehead atoms. The van der Waals surface area contributed by atoms with Crippen molar-refractivity contribution in [3.63, 3.8) is 0 Å². The summed E-state index contributed by atoms with van der Waals surface area (Å²) in [6.07, 6.45) is -0.494. The van der Waals surface area contributed by atoms with Gasteiger partial charge in [0.05, 0.1) is 11.2 Å². The number of hydrogen-bond donors (Lipinski definition) is 1. The Morgan fingerprint density at radius 1 is 1.39 bits per heavy atom. The van der Waals surface area contributed by atoms with Crippen molar-refractivity contribution >= 4 is 22.7 Å². The van der Waals surface area contributed by atoms with Crippen LogP contribution in [-0.4, -0.2) is 21.5 Å². The van der Waals surface area contributed by atoms with Crippen LogP contribution >= 0.6 is 0 Å². The average molecular weight is 247 g/mol. The number of anilines is 1. The number of hydrogen-bond acceptors (Lipinski definition) is 4. The number of carbonyl (C=O) groups is 1. The average Bonchev–Trinajstić information content (AvgIpc) is 2.55. The molecule has 96 valence electrons. The van der Waals surface area contributed by atoms with Gasteiger partial charge in [-0.3, -0.25) is 0 Å². The predicted molar refractivity (Wildman–Crippen MR) is 70.5 cm³/mol. The van der Waals surface area contributed by atoms with Crippen molar-refractivity contribution in [2.24, 2.45) is 0 Å². The maximum absolute atomic E-state index is 12.0. The molecule has 5 heteroatoms. The minimum atomic E-state index is -0.552. The van der Waals surface area contributed by atoms with Crippen LogP contribution in [0, 0.1) is 6.92 Å². The minimum absolute atomic E-state index is 0.494. The lowest BCUT2D eigenvalue weighted by atomic mass is 10.2. The van der Waals surface area contributed by atoms with Gasteiger partial charge in [-0.25, -0.2) is 4.79 Å². The number of nitrogens with zero attached hydrogens (tertiary/aromatic N) is 2. The number of rotatable bonds is 0. The van der Waals surface area contributed by atoms with E-state index in [9.17, 15) is 4.79 Å². The van der Waals surface area contributed by atoms with Gasteiger partial charge in [0, 0.05) is 11.1 Å². The van der Waals surface area contributed by atoms with Gasteiger partial charge in [-0.1, -0.05) is 6.07 Å². The summed E-state index contributed by atoms with van der Waals surface area (Å²) in [5.74, 6) is 0. The second-order valence-corrected chi connectivity index (χ2v) is 5.22. The number of fused-ring (bicyclic) bond motifs is 1. The largest absolute Gasteiger partial charge is 0.442 e. The Bertz CT molecular complexity index is 608. The van der Waals surface area contributed by atoms with Crippen LogP contribution in [0.25, 0.3) is 10.9 Å². The van der Waals surface area contributed by atoms with Crippen molar-refractivity contribution in [1.29, 1.82) is 0 Å². The highest BCUT2D eigenvalue weighted by atomic mass is 16.6. The zero-order chi connectivity index (χ0) is 13.5. The van der Waals surface area contributed by atoms with E-state index in [2.05, 4.69) is 5.10 Å². The molecule has 1 aromatic heterocycles. The van der Waals surface area contributed by atoms with Crippen LogP contribution in [0.15, 0.2) is 18.2 Å². The molecule has 2 rings (SSSR count). The van der Waals surface area contributed by atoms with Crippen LogP contribution in [0.5, 0.6) is 0 Å². The first-order valence-electron chi connectivity index (χ1n) is 5.77. The molecule has 0 aliphatic rings. The number of ether oxygens (including phenoxy) is 1. The maximum Gasteiger partial charge on any atom is 0.435 e. The normalized spacial score (nSPS) is 11.8. The second-order valence-electron chi connectivity index (χ2n) is 5.22. The van der Waals surface area contributed by atoms with Crippen molar-refractivity contribution in [2.45, 2.75) is 33.3 Å². The van der Waals surface area contributed by atoms with E-state index in [0.717, 1.165) is 5.39 Å². The topological polar surface area (TPSA) is 70.1 Å². The third kappa shape index (κ3) is 2.16. The maximum atomic E-state index is 12.0. The van der Waals surface area contributed by atoms with Gasteiger partial charge in [0.15, 0.2) is 0 Å². The molecule has 0 unspecified atom stereocenters. The highest BCUT2D eigenvalue weighted by molar-refractivity contribution is 5.97. The molecule has 0 atom stereocenters. The molecular weight excluding hydrogens is 230 g/mol. The van der Waals surface area contributed by atoms with Crippen LogP contribution < -0.4 is 5.73 Å². The Hall–Kier alpha value is -2.04. The van der Waals surface area contributed by atoms with E-state index in [0.29, 0.717) is 16.9 Å². The molecule has 1 aromatic carbocycles. The lowest BCUT2D eigenvalue weighted by molar-refractivity contribution is 0.0522. The van der Waals surface area contributed by atoms with Gasteiger partial charge >= 0.3 is 6.09 Å². The third-order valence-electron chi connectivity index (χ3n) is 2.48. The second kappa shape index (κ2) is 4.01. The van der Waals surface area contributed by atoms with Gasteiger partial charge in [-0.15, -0.1) is 0 Å². The number of carbonyl (C=O) groups excluding carboxylic acids is 1. The van der Waals surface area contributed by atoms with Crippen LogP contribution in [0.2, 0.25) is 0 Å². The number of nitrogen functional groups attached to an aromatic ring is 1. The SMILES string of the molecule is Cc1nn(C(=O)OC(C)(C)C)c2cccc(N)c12. The summed E-state index contributed by atoms with van der Waals surface area (Å²) in [6.45, 7) is 7.27. The molecule has 18 heavy (non-hydrogen) atoms. The van der Waals surface area contributed by atoms with Gasteiger partial charge in [-0.2, -0.15) is 9.78 Å². The van der Waals surface area contributed by atoms with E-state index in [4.69, 9.17) is 10.5 Å². The smallest absolute Gasteiger partial charge is 0.435 e. The first kappa shape index (κ1) is 12.4. The highest BCUT2D eigenvalue weighted by Gasteiger charge is 2.21. The molecule has 0 saturated carbocycles. The zero-order valence-corrected chi connectivity index (χ0v) is 11.0. The molecule has 0 fully saturated rings. The molecule has 0 aliphatic carbocycles. The molecule has 1 heterocycles. The van der Waals surface area contributed by atoms with E-state index in [1.807, 2.05) is 27.7 Å². The lowest BCUT2D eigenvalue weighted by Gasteiger charge is -2.19. The van der Waals surface area contributed by atoms with Gasteiger partial charge in [0.25, 0.3) is 0 Å². The Balaban J connectivity index is 2.53. The molecule has 0 amide bonds. The number of benzene rings is 1. The quantitative estimate of drug-likeness (QED) is 0.727. The molecule has 0 radical (unpaired) electrons. The summed E-state index contributed by atoms with van der Waals surface area (Å²) in [7, 11) is 0. The van der Waals surface area contributed by atoms with Gasteiger partial charge in [0.1, 0.15) is 5.60 Å². The Labute approximate surface area is 106 Å². The number of nitrogens with two attached hydrogens (primary N) is 1. The molecule has 0 spiro atoms. The van der Waals surface area contributed by atoms with E-state index in [-0.39, 0.29) is 0 Å². The van der Waals surface area contributed by atoms with E-state index in [1.54, 1.807) is 18.2 Å². The van der Waals surface area contributed by atoms with Gasteiger partial charge < -0.3 is 10.5 Å². The monoisotopic (exact) mass is 247 g/mol. The van der Waals surface area contributed by atoms with Crippen LogP contribution in [0.1, 0.15) is 26.5 Å². The summed E-state index contributed by atoms with van der Waals surface area (Å²) in [4.78, 5) is 12.0. The standard InChI is InChI=1S/C13H17N3O2/c1-8-11-9(14)6-5-7-10(11)16(15-8)12(17)18-13(2,3)4/h5-7H,14H2,1-4H3. The fraction of sp³-hybridized carbons (Fsp3) is 0.385. The van der Waals surface area contributed by atoms with Crippen LogP contribution in [0.4, 0.5) is 10.5 Å². The lowest BCUT2D eigenvalue weighted by Crippen LogP contribution is -2.27. The molecular formula is C13H17N3O2. The summed E-state index contributed by atoms with van der Waals surface area (Å²) >= 11 is 0. The zero-order valence-electron chi connectivity index (χ0n) is 11.0. The minimum Gasteiger partial charge on any atom is -0.442 e. The molecule has 2 N–H and O–H groups in total. The van der Waals surface area contributed by atoms with Crippen LogP contribution in [0.3, 0.4) is 0 Å². The summed E-state index contributed by atoms with van der Waals surface area (Å²) in [5.41, 5.74) is 7.34. The summed E-state index contributed by atoms with van der Waals surface area (Å²) in [6, 6.07) is 5.38. The van der Waals surface area contributed by atoms with Crippen molar-refractivity contribution in [2.75, 3.05) is 5.73 Å². The number of aromatic nitrogens is 2. The fourth-order valence-corrected chi connectivity index (χ4v) is 1.83. The highest BCUT2D eigenvalue weighted by Crippen LogP contribution is 2.24. The van der Waals surface area contributed by atoms with E-state index >= 15 is 0 Å². The fourth-order valence-electron chi connectivity index (χ4n) is 1.83. The van der Waals surface area contributed by atoms with Crippen molar-refractivity contribution in [3.8, 4) is 0 Å². The van der Waals surface area contributed by atoms with Crippen molar-refractivity contribution < 1.29 is 9.53 Å². The molecule has 0 aliphatic heterocycles. The first-order valence-corrected chi connectivity index (χ1v) is 5.77. The molecule has 0 saturated heterocycles. The Morgan fingerprint density at radius 3 is 2.67 bits per heavy atom. The van der Waals surface area contributed by atoms with Crippen LogP contribution in [-0.2, 0) is 4.74 Å². The van der Waals surface area contributed by atoms with Crippen molar-refractivity contribution in [3.05, 3.63) is 23.9 Å². The molecule has 5 nitrogen and oxygen atoms in total. The van der Waals surface area contributed by atoms with E-state index < -0.39 is 11.7 Å². The van der Waals surface area contributed by atoms with Crippen molar-refractivity contribution in [1.82, 2.24) is 9.78 Å². The van der Waals surface area contributed by atoms with Gasteiger partial charge in [0.2, 0.25) is 0 Å². The van der Waals surface area contributed by atoms with Gasteiger partial charge in [-0.05, 0) is 39.8 Å². The summed E-state index contributed by atoms with van der Waals surface area (Å²) < 4.78 is 6.56. The summed E-state index contributed by atoms with van der Waals surface area (Å²) in [5, 5.41) is 4.99. The van der Waals surface area contributed by atoms with E-state index in [1.165, 1.54) is 4.68 Å². The molecule has 2 aromatic rings. The third-order valence-corrected chi connectivity index (χ3v) is 2.48. The predicted octanol–water partition coefficient (Wildman–Crippen LogP) is 2.71.